The molecule has 21 heavy (non-hydrogen) atoms. The summed E-state index contributed by atoms with van der Waals surface area (Å²) in [4.78, 5) is 0. The van der Waals surface area contributed by atoms with Crippen molar-refractivity contribution in [2.24, 2.45) is 0 Å². The standard InChI is InChI=1S/C19H23NO/c1-4-20-18(14-8-6-5-7-9-14)15-10-11-17-16(12-15)13-19(2,3)21-17/h5-12,18,20H,4,13H2,1-3H3. The van der Waals surface area contributed by atoms with Crippen molar-refractivity contribution in [2.75, 3.05) is 6.54 Å². The first-order valence-electron chi connectivity index (χ1n) is 7.69. The van der Waals surface area contributed by atoms with E-state index in [4.69, 9.17) is 4.74 Å². The Bertz CT molecular complexity index is 619. The molecule has 110 valence electrons. The van der Waals surface area contributed by atoms with Crippen LogP contribution in [-0.4, -0.2) is 12.1 Å². The minimum absolute atomic E-state index is 0.0820. The summed E-state index contributed by atoms with van der Waals surface area (Å²) in [5.41, 5.74) is 3.85. The summed E-state index contributed by atoms with van der Waals surface area (Å²) in [5.74, 6) is 1.03. The molecule has 0 aliphatic carbocycles. The summed E-state index contributed by atoms with van der Waals surface area (Å²) < 4.78 is 5.97. The molecular weight excluding hydrogens is 258 g/mol. The molecule has 1 atom stereocenters. The summed E-state index contributed by atoms with van der Waals surface area (Å²) in [6, 6.07) is 17.5. The maximum atomic E-state index is 5.97. The summed E-state index contributed by atoms with van der Waals surface area (Å²) in [5, 5.41) is 3.59. The third-order valence-corrected chi connectivity index (χ3v) is 3.96. The van der Waals surface area contributed by atoms with E-state index in [1.54, 1.807) is 0 Å². The number of rotatable bonds is 4. The molecule has 1 unspecified atom stereocenters. The summed E-state index contributed by atoms with van der Waals surface area (Å²) in [6.45, 7) is 7.38. The van der Waals surface area contributed by atoms with E-state index in [-0.39, 0.29) is 11.6 Å². The Morgan fingerprint density at radius 1 is 1.10 bits per heavy atom. The third kappa shape index (κ3) is 2.96. The Morgan fingerprint density at radius 3 is 2.57 bits per heavy atom. The van der Waals surface area contributed by atoms with Gasteiger partial charge in [0.1, 0.15) is 11.4 Å². The lowest BCUT2D eigenvalue weighted by Gasteiger charge is -2.19. The zero-order valence-corrected chi connectivity index (χ0v) is 13.0. The monoisotopic (exact) mass is 281 g/mol. The van der Waals surface area contributed by atoms with Crippen molar-refractivity contribution >= 4 is 0 Å². The molecule has 0 saturated heterocycles. The maximum absolute atomic E-state index is 5.97. The molecule has 2 nitrogen and oxygen atoms in total. The van der Waals surface area contributed by atoms with Crippen LogP contribution in [0.4, 0.5) is 0 Å². The van der Waals surface area contributed by atoms with Gasteiger partial charge in [-0.25, -0.2) is 0 Å². The molecule has 0 spiro atoms. The Labute approximate surface area is 127 Å². The van der Waals surface area contributed by atoms with E-state index in [1.165, 1.54) is 16.7 Å². The van der Waals surface area contributed by atoms with E-state index in [0.717, 1.165) is 18.7 Å². The zero-order chi connectivity index (χ0) is 14.9. The highest BCUT2D eigenvalue weighted by molar-refractivity contribution is 5.44. The van der Waals surface area contributed by atoms with Crippen LogP contribution in [0.15, 0.2) is 48.5 Å². The van der Waals surface area contributed by atoms with Gasteiger partial charge in [-0.15, -0.1) is 0 Å². The second kappa shape index (κ2) is 5.53. The van der Waals surface area contributed by atoms with Crippen LogP contribution in [0.2, 0.25) is 0 Å². The van der Waals surface area contributed by atoms with Crippen molar-refractivity contribution in [1.82, 2.24) is 5.32 Å². The predicted molar refractivity (Wildman–Crippen MR) is 86.8 cm³/mol. The van der Waals surface area contributed by atoms with Gasteiger partial charge in [0.2, 0.25) is 0 Å². The zero-order valence-electron chi connectivity index (χ0n) is 13.0. The van der Waals surface area contributed by atoms with Gasteiger partial charge in [0.25, 0.3) is 0 Å². The number of benzene rings is 2. The number of nitrogens with one attached hydrogen (secondary N) is 1. The average molecular weight is 281 g/mol. The first-order valence-corrected chi connectivity index (χ1v) is 7.69. The molecule has 0 radical (unpaired) electrons. The summed E-state index contributed by atoms with van der Waals surface area (Å²) in [7, 11) is 0. The molecular formula is C19H23NO. The average Bonchev–Trinajstić information content (AvgIpc) is 2.78. The fraction of sp³-hybridized carbons (Fsp3) is 0.368. The molecule has 0 amide bonds. The van der Waals surface area contributed by atoms with Crippen LogP contribution in [0, 0.1) is 0 Å². The largest absolute Gasteiger partial charge is 0.487 e. The second-order valence-corrected chi connectivity index (χ2v) is 6.31. The van der Waals surface area contributed by atoms with E-state index >= 15 is 0 Å². The fourth-order valence-corrected chi connectivity index (χ4v) is 3.09. The third-order valence-electron chi connectivity index (χ3n) is 3.96. The topological polar surface area (TPSA) is 21.3 Å². The van der Waals surface area contributed by atoms with Gasteiger partial charge in [-0.05, 0) is 43.1 Å². The van der Waals surface area contributed by atoms with Gasteiger partial charge in [0.05, 0.1) is 6.04 Å². The van der Waals surface area contributed by atoms with Crippen LogP contribution in [0.5, 0.6) is 5.75 Å². The molecule has 1 heterocycles. The molecule has 1 aliphatic heterocycles. The molecule has 0 bridgehead atoms. The Kier molecular flexibility index (Phi) is 3.73. The molecule has 2 aromatic rings. The van der Waals surface area contributed by atoms with Crippen LogP contribution < -0.4 is 10.1 Å². The van der Waals surface area contributed by atoms with E-state index in [0.29, 0.717) is 0 Å². The molecule has 3 rings (SSSR count). The quantitative estimate of drug-likeness (QED) is 0.911. The Balaban J connectivity index is 1.95. The molecule has 1 aliphatic rings. The lowest BCUT2D eigenvalue weighted by Crippen LogP contribution is -2.24. The number of hydrogen-bond acceptors (Lipinski definition) is 2. The molecule has 2 aromatic carbocycles. The molecule has 0 aromatic heterocycles. The summed E-state index contributed by atoms with van der Waals surface area (Å²) in [6.07, 6.45) is 0.976. The second-order valence-electron chi connectivity index (χ2n) is 6.31. The molecule has 2 heteroatoms. The van der Waals surface area contributed by atoms with Crippen LogP contribution in [0.3, 0.4) is 0 Å². The Hall–Kier alpha value is -1.80. The van der Waals surface area contributed by atoms with E-state index in [9.17, 15) is 0 Å². The van der Waals surface area contributed by atoms with Crippen molar-refractivity contribution < 1.29 is 4.74 Å². The smallest absolute Gasteiger partial charge is 0.123 e. The fourth-order valence-electron chi connectivity index (χ4n) is 3.09. The summed E-state index contributed by atoms with van der Waals surface area (Å²) >= 11 is 0. The van der Waals surface area contributed by atoms with Gasteiger partial charge in [-0.2, -0.15) is 0 Å². The lowest BCUT2D eigenvalue weighted by molar-refractivity contribution is 0.138. The number of ether oxygens (including phenoxy) is 1. The van der Waals surface area contributed by atoms with Gasteiger partial charge in [-0.3, -0.25) is 0 Å². The van der Waals surface area contributed by atoms with Gasteiger partial charge < -0.3 is 10.1 Å². The van der Waals surface area contributed by atoms with E-state index < -0.39 is 0 Å². The van der Waals surface area contributed by atoms with E-state index in [1.807, 2.05) is 0 Å². The van der Waals surface area contributed by atoms with Crippen molar-refractivity contribution in [3.63, 3.8) is 0 Å². The Morgan fingerprint density at radius 2 is 1.86 bits per heavy atom. The van der Waals surface area contributed by atoms with Crippen LogP contribution in [0.25, 0.3) is 0 Å². The van der Waals surface area contributed by atoms with Crippen LogP contribution in [0.1, 0.15) is 43.5 Å². The minimum atomic E-state index is -0.0820. The maximum Gasteiger partial charge on any atom is 0.123 e. The highest BCUT2D eigenvalue weighted by Gasteiger charge is 2.30. The number of fused-ring (bicyclic) bond motifs is 1. The first kappa shape index (κ1) is 14.2. The minimum Gasteiger partial charge on any atom is -0.487 e. The normalized spacial score (nSPS) is 17.1. The van der Waals surface area contributed by atoms with Crippen molar-refractivity contribution in [2.45, 2.75) is 38.8 Å². The van der Waals surface area contributed by atoms with Gasteiger partial charge in [-0.1, -0.05) is 49.4 Å². The van der Waals surface area contributed by atoms with Gasteiger partial charge >= 0.3 is 0 Å². The van der Waals surface area contributed by atoms with Crippen molar-refractivity contribution in [3.8, 4) is 5.75 Å². The predicted octanol–water partition coefficient (Wildman–Crippen LogP) is 4.10. The highest BCUT2D eigenvalue weighted by atomic mass is 16.5. The SMILES string of the molecule is CCNC(c1ccccc1)c1ccc2c(c1)CC(C)(C)O2. The molecule has 0 saturated carbocycles. The van der Waals surface area contributed by atoms with Crippen molar-refractivity contribution in [1.29, 1.82) is 0 Å². The van der Waals surface area contributed by atoms with Crippen molar-refractivity contribution in [3.05, 3.63) is 65.2 Å². The van der Waals surface area contributed by atoms with E-state index in [2.05, 4.69) is 74.6 Å². The van der Waals surface area contributed by atoms with Crippen LogP contribution >= 0.6 is 0 Å². The number of hydrogen-bond donors (Lipinski definition) is 1. The first-order chi connectivity index (χ1) is 10.1. The molecule has 0 fully saturated rings. The van der Waals surface area contributed by atoms with Gasteiger partial charge in [0.15, 0.2) is 0 Å². The van der Waals surface area contributed by atoms with Crippen LogP contribution in [-0.2, 0) is 6.42 Å². The highest BCUT2D eigenvalue weighted by Crippen LogP contribution is 2.37. The molecule has 1 N–H and O–H groups in total. The lowest BCUT2D eigenvalue weighted by atomic mass is 9.94. The van der Waals surface area contributed by atoms with Gasteiger partial charge in [0, 0.05) is 6.42 Å².